The molecule has 0 fully saturated rings. The number of aromatic nitrogens is 1. The van der Waals surface area contributed by atoms with Crippen LogP contribution in [0.3, 0.4) is 0 Å². The van der Waals surface area contributed by atoms with Crippen molar-refractivity contribution >= 4 is 33.5 Å². The molecule has 0 radical (unpaired) electrons. The SMILES string of the molecule is CC(C)(C)c1ccc(OCC(=O)Nc2ccccc2-c2nc3ccc4ccccc4c3o2)cc1. The lowest BCUT2D eigenvalue weighted by Crippen LogP contribution is -2.20. The number of hydrogen-bond acceptors (Lipinski definition) is 4. The third-order valence-electron chi connectivity index (χ3n) is 5.80. The molecule has 5 rings (SSSR count). The zero-order chi connectivity index (χ0) is 23.7. The summed E-state index contributed by atoms with van der Waals surface area (Å²) in [5.41, 5.74) is 4.12. The molecule has 0 aliphatic heterocycles. The van der Waals surface area contributed by atoms with Gasteiger partial charge in [-0.2, -0.15) is 0 Å². The summed E-state index contributed by atoms with van der Waals surface area (Å²) in [6, 6.07) is 27.3. The van der Waals surface area contributed by atoms with Gasteiger partial charge in [0.2, 0.25) is 5.89 Å². The van der Waals surface area contributed by atoms with Gasteiger partial charge in [-0.25, -0.2) is 4.98 Å². The van der Waals surface area contributed by atoms with Crippen molar-refractivity contribution in [2.45, 2.75) is 26.2 Å². The number of fused-ring (bicyclic) bond motifs is 3. The molecule has 1 amide bonds. The number of para-hydroxylation sites is 1. The number of nitrogens with zero attached hydrogens (tertiary/aromatic N) is 1. The van der Waals surface area contributed by atoms with E-state index in [9.17, 15) is 4.79 Å². The number of carbonyl (C=O) groups excluding carboxylic acids is 1. The number of oxazole rings is 1. The van der Waals surface area contributed by atoms with Crippen LogP contribution in [0.2, 0.25) is 0 Å². The zero-order valence-corrected chi connectivity index (χ0v) is 19.5. The van der Waals surface area contributed by atoms with E-state index >= 15 is 0 Å². The Hall–Kier alpha value is -4.12. The van der Waals surface area contributed by atoms with Crippen molar-refractivity contribution in [1.82, 2.24) is 4.98 Å². The van der Waals surface area contributed by atoms with E-state index in [1.807, 2.05) is 84.9 Å². The van der Waals surface area contributed by atoms with E-state index < -0.39 is 0 Å². The molecule has 4 aromatic carbocycles. The van der Waals surface area contributed by atoms with Crippen LogP contribution >= 0.6 is 0 Å². The molecule has 0 bridgehead atoms. The smallest absolute Gasteiger partial charge is 0.262 e. The first-order chi connectivity index (χ1) is 16.4. The van der Waals surface area contributed by atoms with Crippen molar-refractivity contribution in [1.29, 1.82) is 0 Å². The highest BCUT2D eigenvalue weighted by Crippen LogP contribution is 2.33. The minimum atomic E-state index is -0.256. The van der Waals surface area contributed by atoms with Gasteiger partial charge in [-0.05, 0) is 46.7 Å². The van der Waals surface area contributed by atoms with Crippen molar-refractivity contribution in [3.05, 3.63) is 90.5 Å². The summed E-state index contributed by atoms with van der Waals surface area (Å²) in [6.07, 6.45) is 0. The van der Waals surface area contributed by atoms with E-state index in [4.69, 9.17) is 9.15 Å². The van der Waals surface area contributed by atoms with Crippen molar-refractivity contribution in [2.24, 2.45) is 0 Å². The van der Waals surface area contributed by atoms with Gasteiger partial charge in [-0.3, -0.25) is 4.79 Å². The number of carbonyl (C=O) groups is 1. The second-order valence-electron chi connectivity index (χ2n) is 9.31. The predicted molar refractivity (Wildman–Crippen MR) is 136 cm³/mol. The van der Waals surface area contributed by atoms with Crippen molar-refractivity contribution in [3.8, 4) is 17.2 Å². The summed E-state index contributed by atoms with van der Waals surface area (Å²) >= 11 is 0. The van der Waals surface area contributed by atoms with Gasteiger partial charge in [0, 0.05) is 5.39 Å². The fourth-order valence-corrected chi connectivity index (χ4v) is 3.94. The van der Waals surface area contributed by atoms with Gasteiger partial charge >= 0.3 is 0 Å². The van der Waals surface area contributed by atoms with Crippen LogP contribution in [0.5, 0.6) is 5.75 Å². The Bertz CT molecular complexity index is 1480. The Labute approximate surface area is 198 Å². The average molecular weight is 451 g/mol. The van der Waals surface area contributed by atoms with E-state index in [0.29, 0.717) is 22.9 Å². The minimum Gasteiger partial charge on any atom is -0.484 e. The Morgan fingerprint density at radius 1 is 0.912 bits per heavy atom. The lowest BCUT2D eigenvalue weighted by molar-refractivity contribution is -0.118. The van der Waals surface area contributed by atoms with E-state index in [0.717, 1.165) is 21.9 Å². The fraction of sp³-hybridized carbons (Fsp3) is 0.172. The summed E-state index contributed by atoms with van der Waals surface area (Å²) in [7, 11) is 0. The number of rotatable bonds is 5. The minimum absolute atomic E-state index is 0.0661. The summed E-state index contributed by atoms with van der Waals surface area (Å²) < 4.78 is 11.9. The van der Waals surface area contributed by atoms with E-state index in [2.05, 4.69) is 31.1 Å². The van der Waals surface area contributed by atoms with Gasteiger partial charge in [0.1, 0.15) is 11.3 Å². The zero-order valence-electron chi connectivity index (χ0n) is 19.5. The van der Waals surface area contributed by atoms with Gasteiger partial charge in [0.15, 0.2) is 12.2 Å². The lowest BCUT2D eigenvalue weighted by Gasteiger charge is -2.19. The van der Waals surface area contributed by atoms with Gasteiger partial charge in [-0.15, -0.1) is 0 Å². The van der Waals surface area contributed by atoms with Crippen molar-refractivity contribution in [3.63, 3.8) is 0 Å². The molecule has 0 aliphatic carbocycles. The highest BCUT2D eigenvalue weighted by Gasteiger charge is 2.16. The van der Waals surface area contributed by atoms with Crippen LogP contribution in [-0.4, -0.2) is 17.5 Å². The number of benzene rings is 4. The maximum atomic E-state index is 12.7. The van der Waals surface area contributed by atoms with Crippen LogP contribution in [0, 0.1) is 0 Å². The molecule has 0 atom stereocenters. The van der Waals surface area contributed by atoms with Crippen LogP contribution in [0.15, 0.2) is 89.3 Å². The number of hydrogen-bond donors (Lipinski definition) is 1. The molecule has 5 aromatic rings. The first-order valence-corrected chi connectivity index (χ1v) is 11.3. The Balaban J connectivity index is 1.34. The monoisotopic (exact) mass is 450 g/mol. The average Bonchev–Trinajstić information content (AvgIpc) is 3.28. The predicted octanol–water partition coefficient (Wildman–Crippen LogP) is 6.96. The molecule has 170 valence electrons. The van der Waals surface area contributed by atoms with Gasteiger partial charge in [-0.1, -0.05) is 75.4 Å². The third kappa shape index (κ3) is 4.37. The van der Waals surface area contributed by atoms with E-state index in [1.54, 1.807) is 0 Å². The first-order valence-electron chi connectivity index (χ1n) is 11.3. The molecule has 0 spiro atoms. The topological polar surface area (TPSA) is 64.4 Å². The molecule has 0 unspecified atom stereocenters. The molecule has 0 saturated heterocycles. The maximum absolute atomic E-state index is 12.7. The fourth-order valence-electron chi connectivity index (χ4n) is 3.94. The highest BCUT2D eigenvalue weighted by atomic mass is 16.5. The van der Waals surface area contributed by atoms with Crippen molar-refractivity contribution in [2.75, 3.05) is 11.9 Å². The largest absolute Gasteiger partial charge is 0.484 e. The summed E-state index contributed by atoms with van der Waals surface area (Å²) in [5, 5.41) is 5.03. The van der Waals surface area contributed by atoms with E-state index in [1.165, 1.54) is 5.56 Å². The number of amides is 1. The number of anilines is 1. The molecule has 1 N–H and O–H groups in total. The van der Waals surface area contributed by atoms with Crippen LogP contribution in [-0.2, 0) is 10.2 Å². The molecule has 34 heavy (non-hydrogen) atoms. The molecular formula is C29H26N2O3. The van der Waals surface area contributed by atoms with Crippen LogP contribution in [0.1, 0.15) is 26.3 Å². The van der Waals surface area contributed by atoms with Crippen LogP contribution < -0.4 is 10.1 Å². The molecule has 0 saturated carbocycles. The van der Waals surface area contributed by atoms with Gasteiger partial charge in [0.05, 0.1) is 11.3 Å². The second kappa shape index (κ2) is 8.67. The normalized spacial score (nSPS) is 11.6. The third-order valence-corrected chi connectivity index (χ3v) is 5.80. The van der Waals surface area contributed by atoms with E-state index in [-0.39, 0.29) is 17.9 Å². The molecule has 1 heterocycles. The number of ether oxygens (including phenoxy) is 1. The molecule has 1 aromatic heterocycles. The van der Waals surface area contributed by atoms with Gasteiger partial charge in [0.25, 0.3) is 5.91 Å². The summed E-state index contributed by atoms with van der Waals surface area (Å²) in [5.74, 6) is 0.858. The number of nitrogens with one attached hydrogen (secondary N) is 1. The standard InChI is InChI=1S/C29H26N2O3/c1-29(2,3)20-13-15-21(16-14-20)33-18-26(32)30-24-11-7-6-10-23(24)28-31-25-17-12-19-8-4-5-9-22(19)27(25)34-28/h4-17H,18H2,1-3H3,(H,30,32). The molecule has 5 nitrogen and oxygen atoms in total. The Morgan fingerprint density at radius 2 is 1.65 bits per heavy atom. The van der Waals surface area contributed by atoms with Crippen LogP contribution in [0.25, 0.3) is 33.3 Å². The summed E-state index contributed by atoms with van der Waals surface area (Å²) in [6.45, 7) is 6.38. The molecular weight excluding hydrogens is 424 g/mol. The Kier molecular flexibility index (Phi) is 5.54. The molecule has 5 heteroatoms. The quantitative estimate of drug-likeness (QED) is 0.314. The van der Waals surface area contributed by atoms with Gasteiger partial charge < -0.3 is 14.5 Å². The lowest BCUT2D eigenvalue weighted by atomic mass is 9.87. The summed E-state index contributed by atoms with van der Waals surface area (Å²) in [4.78, 5) is 17.3. The molecule has 0 aliphatic rings. The maximum Gasteiger partial charge on any atom is 0.262 e. The Morgan fingerprint density at radius 3 is 2.44 bits per heavy atom. The van der Waals surface area contributed by atoms with Crippen LogP contribution in [0.4, 0.5) is 5.69 Å². The second-order valence-corrected chi connectivity index (χ2v) is 9.31. The first kappa shape index (κ1) is 21.7. The highest BCUT2D eigenvalue weighted by molar-refractivity contribution is 6.04. The van der Waals surface area contributed by atoms with Crippen molar-refractivity contribution < 1.29 is 13.9 Å².